The molecule has 4 amide bonds. The van der Waals surface area contributed by atoms with E-state index >= 15 is 0 Å². The van der Waals surface area contributed by atoms with Crippen molar-refractivity contribution in [3.8, 4) is 5.75 Å². The van der Waals surface area contributed by atoms with Crippen molar-refractivity contribution in [3.05, 3.63) is 29.8 Å². The van der Waals surface area contributed by atoms with Crippen molar-refractivity contribution < 1.29 is 34.2 Å². The largest absolute Gasteiger partial charge is 0.508 e. The van der Waals surface area contributed by atoms with E-state index in [4.69, 9.17) is 22.9 Å². The molecule has 13 N–H and O–H groups in total. The number of amides is 4. The van der Waals surface area contributed by atoms with Crippen LogP contribution in [0.25, 0.3) is 0 Å². The van der Waals surface area contributed by atoms with E-state index in [1.807, 2.05) is 0 Å². The molecule has 0 saturated carbocycles. The molecule has 0 heterocycles. The molecular formula is C23H36N8O7S. The Morgan fingerprint density at radius 2 is 1.44 bits per heavy atom. The lowest BCUT2D eigenvalue weighted by atomic mass is 10.0. The Hall–Kier alpha value is -4.05. The van der Waals surface area contributed by atoms with Gasteiger partial charge in [0, 0.05) is 25.1 Å². The molecule has 15 nitrogen and oxygen atoms in total. The topological polar surface area (TPSA) is 278 Å². The highest BCUT2D eigenvalue weighted by atomic mass is 32.1. The van der Waals surface area contributed by atoms with E-state index in [-0.39, 0.29) is 56.1 Å². The first-order valence-electron chi connectivity index (χ1n) is 12.0. The minimum absolute atomic E-state index is 0.00251. The predicted molar refractivity (Wildman–Crippen MR) is 145 cm³/mol. The lowest BCUT2D eigenvalue weighted by Gasteiger charge is -2.25. The number of nitrogens with one attached hydrogen (secondary N) is 3. The van der Waals surface area contributed by atoms with Gasteiger partial charge < -0.3 is 49.1 Å². The zero-order valence-electron chi connectivity index (χ0n) is 21.2. The van der Waals surface area contributed by atoms with Crippen molar-refractivity contribution in [2.24, 2.45) is 27.9 Å². The number of benzene rings is 1. The van der Waals surface area contributed by atoms with Crippen LogP contribution in [0, 0.1) is 0 Å². The Balaban J connectivity index is 3.15. The summed E-state index contributed by atoms with van der Waals surface area (Å²) >= 11 is 3.99. The number of hydrogen-bond acceptors (Lipinski definition) is 9. The molecule has 0 aliphatic carbocycles. The first-order chi connectivity index (χ1) is 18.3. The summed E-state index contributed by atoms with van der Waals surface area (Å²) in [7, 11) is 0. The first kappa shape index (κ1) is 33.0. The molecule has 1 rings (SSSR count). The number of aromatic hydroxyl groups is 1. The van der Waals surface area contributed by atoms with E-state index in [1.165, 1.54) is 12.1 Å². The maximum atomic E-state index is 13.3. The van der Waals surface area contributed by atoms with Gasteiger partial charge in [0.05, 0.1) is 6.04 Å². The lowest BCUT2D eigenvalue weighted by molar-refractivity contribution is -0.142. The summed E-state index contributed by atoms with van der Waals surface area (Å²) in [5, 5.41) is 26.3. The van der Waals surface area contributed by atoms with Gasteiger partial charge in [-0.25, -0.2) is 4.79 Å². The molecule has 0 radical (unpaired) electrons. The standard InChI is InChI=1S/C23H36N8O7S/c24-14(11-39)19(34)31-17(10-12-3-5-13(32)6-4-12)21(36)29-15(2-1-9-28-23(26)27)20(35)30-16(22(37)38)7-8-18(25)33/h3-6,14-17,32,39H,1-2,7-11,24H2,(H2,25,33)(H,29,36)(H,30,35)(H,31,34)(H,37,38)(H4,26,27,28). The number of carboxylic acid groups (broad SMARTS) is 1. The van der Waals surface area contributed by atoms with Gasteiger partial charge in [-0.05, 0) is 37.0 Å². The van der Waals surface area contributed by atoms with Crippen molar-refractivity contribution in [1.29, 1.82) is 0 Å². The van der Waals surface area contributed by atoms with E-state index in [0.717, 1.165) is 0 Å². The number of primary amides is 1. The summed E-state index contributed by atoms with van der Waals surface area (Å²) in [6.07, 6.45) is -0.325. The summed E-state index contributed by atoms with van der Waals surface area (Å²) in [4.78, 5) is 65.3. The van der Waals surface area contributed by atoms with Crippen molar-refractivity contribution in [2.75, 3.05) is 12.3 Å². The number of phenolic OH excluding ortho intramolecular Hbond substituents is 1. The van der Waals surface area contributed by atoms with Gasteiger partial charge in [-0.15, -0.1) is 0 Å². The fourth-order valence-corrected chi connectivity index (χ4v) is 3.47. The van der Waals surface area contributed by atoms with Crippen LogP contribution < -0.4 is 38.9 Å². The molecule has 0 aromatic heterocycles. The van der Waals surface area contributed by atoms with Crippen molar-refractivity contribution in [1.82, 2.24) is 16.0 Å². The minimum atomic E-state index is -1.44. The van der Waals surface area contributed by atoms with Gasteiger partial charge in [0.15, 0.2) is 5.96 Å². The van der Waals surface area contributed by atoms with Crippen LogP contribution >= 0.6 is 12.6 Å². The van der Waals surface area contributed by atoms with Crippen LogP contribution in [0.2, 0.25) is 0 Å². The second-order valence-electron chi connectivity index (χ2n) is 8.64. The Morgan fingerprint density at radius 3 is 1.97 bits per heavy atom. The van der Waals surface area contributed by atoms with Gasteiger partial charge >= 0.3 is 5.97 Å². The molecule has 0 aliphatic rings. The van der Waals surface area contributed by atoms with Crippen LogP contribution in [-0.4, -0.2) is 82.2 Å². The van der Waals surface area contributed by atoms with E-state index in [9.17, 15) is 34.2 Å². The number of carboxylic acids is 1. The smallest absolute Gasteiger partial charge is 0.326 e. The number of phenols is 1. The second-order valence-corrected chi connectivity index (χ2v) is 9.00. The molecule has 0 saturated heterocycles. The van der Waals surface area contributed by atoms with Crippen molar-refractivity contribution in [3.63, 3.8) is 0 Å². The summed E-state index contributed by atoms with van der Waals surface area (Å²) < 4.78 is 0. The number of carbonyl (C=O) groups is 5. The number of nitrogens with zero attached hydrogens (tertiary/aromatic N) is 1. The quantitative estimate of drug-likeness (QED) is 0.0394. The third kappa shape index (κ3) is 12.8. The highest BCUT2D eigenvalue weighted by molar-refractivity contribution is 7.80. The summed E-state index contributed by atoms with van der Waals surface area (Å²) in [6.45, 7) is 0.122. The molecule has 0 fully saturated rings. The number of rotatable bonds is 17. The molecule has 39 heavy (non-hydrogen) atoms. The van der Waals surface area contributed by atoms with Crippen LogP contribution in [-0.2, 0) is 30.4 Å². The molecule has 4 atom stereocenters. The van der Waals surface area contributed by atoms with Gasteiger partial charge in [0.25, 0.3) is 0 Å². The van der Waals surface area contributed by atoms with E-state index in [0.29, 0.717) is 5.56 Å². The van der Waals surface area contributed by atoms with Crippen molar-refractivity contribution in [2.45, 2.75) is 56.3 Å². The highest BCUT2D eigenvalue weighted by Crippen LogP contribution is 2.12. The van der Waals surface area contributed by atoms with Crippen molar-refractivity contribution >= 4 is 48.2 Å². The number of nitrogens with two attached hydrogens (primary N) is 4. The second kappa shape index (κ2) is 16.7. The number of thiol groups is 1. The number of hydrogen-bond donors (Lipinski definition) is 10. The predicted octanol–water partition coefficient (Wildman–Crippen LogP) is -2.95. The fraction of sp³-hybridized carbons (Fsp3) is 0.478. The number of aliphatic imine (C=N–C) groups is 1. The molecule has 216 valence electrons. The van der Waals surface area contributed by atoms with Gasteiger partial charge in [0.1, 0.15) is 23.9 Å². The van der Waals surface area contributed by atoms with E-state index in [2.05, 4.69) is 33.6 Å². The Morgan fingerprint density at radius 1 is 0.872 bits per heavy atom. The van der Waals surface area contributed by atoms with Crippen LogP contribution in [0.3, 0.4) is 0 Å². The minimum Gasteiger partial charge on any atom is -0.508 e. The van der Waals surface area contributed by atoms with Gasteiger partial charge in [-0.1, -0.05) is 12.1 Å². The Labute approximate surface area is 230 Å². The molecule has 16 heteroatoms. The number of aliphatic carboxylic acids is 1. The SMILES string of the molecule is NC(=O)CCC(NC(=O)C(CCCN=C(N)N)NC(=O)C(Cc1ccc(O)cc1)NC(=O)C(N)CS)C(=O)O. The van der Waals surface area contributed by atoms with Crippen LogP contribution in [0.15, 0.2) is 29.3 Å². The van der Waals surface area contributed by atoms with E-state index in [1.54, 1.807) is 12.1 Å². The average Bonchev–Trinajstić information content (AvgIpc) is 2.87. The molecule has 0 aliphatic heterocycles. The molecular weight excluding hydrogens is 532 g/mol. The number of carbonyl (C=O) groups excluding carboxylic acids is 4. The maximum Gasteiger partial charge on any atom is 0.326 e. The summed E-state index contributed by atoms with van der Waals surface area (Å²) in [5.74, 6) is -4.55. The maximum absolute atomic E-state index is 13.3. The van der Waals surface area contributed by atoms with Gasteiger partial charge in [0.2, 0.25) is 23.6 Å². The molecule has 4 unspecified atom stereocenters. The zero-order chi connectivity index (χ0) is 29.5. The van der Waals surface area contributed by atoms with Crippen LogP contribution in [0.1, 0.15) is 31.2 Å². The highest BCUT2D eigenvalue weighted by Gasteiger charge is 2.30. The Bertz CT molecular complexity index is 1030. The summed E-state index contributed by atoms with van der Waals surface area (Å²) in [6, 6.07) is 1.02. The molecule has 0 bridgehead atoms. The third-order valence-corrected chi connectivity index (χ3v) is 5.81. The van der Waals surface area contributed by atoms with Gasteiger partial charge in [-0.3, -0.25) is 24.2 Å². The first-order valence-corrected chi connectivity index (χ1v) is 12.6. The average molecular weight is 569 g/mol. The summed E-state index contributed by atoms with van der Waals surface area (Å²) in [5.41, 5.74) is 22.0. The monoisotopic (exact) mass is 568 g/mol. The number of guanidine groups is 1. The van der Waals surface area contributed by atoms with Crippen LogP contribution in [0.5, 0.6) is 5.75 Å². The normalized spacial score (nSPS) is 13.7. The van der Waals surface area contributed by atoms with Crippen LogP contribution in [0.4, 0.5) is 0 Å². The Kier molecular flexibility index (Phi) is 14.1. The molecule has 0 spiro atoms. The van der Waals surface area contributed by atoms with E-state index < -0.39 is 53.8 Å². The molecule has 1 aromatic carbocycles. The molecule has 1 aromatic rings. The third-order valence-electron chi connectivity index (χ3n) is 5.41. The van der Waals surface area contributed by atoms with Gasteiger partial charge in [-0.2, -0.15) is 12.6 Å². The lowest BCUT2D eigenvalue weighted by Crippen LogP contribution is -2.57. The fourth-order valence-electron chi connectivity index (χ4n) is 3.30. The zero-order valence-corrected chi connectivity index (χ0v) is 22.1.